The monoisotopic (exact) mass is 268 g/mol. The van der Waals surface area contributed by atoms with E-state index in [1.54, 1.807) is 0 Å². The fourth-order valence-electron chi connectivity index (χ4n) is 1.66. The largest absolute Gasteiger partial charge is 0.0805 e. The summed E-state index contributed by atoms with van der Waals surface area (Å²) in [6.07, 6.45) is 15.2. The molecule has 0 atom stereocenters. The van der Waals surface area contributed by atoms with Crippen LogP contribution in [-0.2, 0) is 0 Å². The number of aryl methyl sites for hydroxylation is 1. The maximum Gasteiger partial charge on any atom is -0.0135 e. The Morgan fingerprint density at radius 1 is 0.900 bits per heavy atom. The lowest BCUT2D eigenvalue weighted by Gasteiger charge is -1.82. The average Bonchev–Trinajstić information content (AvgIpc) is 3.05. The van der Waals surface area contributed by atoms with E-state index in [0.717, 1.165) is 6.42 Å². The highest BCUT2D eigenvalue weighted by atomic mass is 13.9. The number of rotatable bonds is 0. The Bertz CT molecular complexity index is 467. The first-order valence-corrected chi connectivity index (χ1v) is 6.86. The molecule has 0 aliphatic heterocycles. The zero-order valence-electron chi connectivity index (χ0n) is 12.3. The highest BCUT2D eigenvalue weighted by molar-refractivity contribution is 5.23. The van der Waals surface area contributed by atoms with E-state index in [1.165, 1.54) is 23.1 Å². The van der Waals surface area contributed by atoms with Gasteiger partial charge in [-0.3, -0.25) is 0 Å². The van der Waals surface area contributed by atoms with Crippen LogP contribution in [0.1, 0.15) is 39.7 Å². The third-order valence-corrected chi connectivity index (χ3v) is 2.85. The number of benzene rings is 1. The van der Waals surface area contributed by atoms with Crippen LogP contribution in [0.4, 0.5) is 0 Å². The van der Waals surface area contributed by atoms with Crippen molar-refractivity contribution in [3.05, 3.63) is 83.5 Å². The minimum Gasteiger partial charge on any atom is -0.0805 e. The van der Waals surface area contributed by atoms with E-state index in [-0.39, 0.29) is 7.43 Å². The van der Waals surface area contributed by atoms with Crippen molar-refractivity contribution in [1.82, 2.24) is 0 Å². The van der Waals surface area contributed by atoms with Gasteiger partial charge in [0, 0.05) is 0 Å². The molecule has 0 fully saturated rings. The quantitative estimate of drug-likeness (QED) is 0.509. The van der Waals surface area contributed by atoms with Gasteiger partial charge >= 0.3 is 0 Å². The Morgan fingerprint density at radius 2 is 1.60 bits per heavy atom. The summed E-state index contributed by atoms with van der Waals surface area (Å²) in [7, 11) is 0. The average molecular weight is 268 g/mol. The van der Waals surface area contributed by atoms with Gasteiger partial charge in [-0.05, 0) is 33.6 Å². The Hall–Kier alpha value is -1.82. The Morgan fingerprint density at radius 3 is 1.80 bits per heavy atom. The van der Waals surface area contributed by atoms with Gasteiger partial charge in [0.1, 0.15) is 0 Å². The van der Waals surface area contributed by atoms with Gasteiger partial charge in [-0.2, -0.15) is 0 Å². The van der Waals surface area contributed by atoms with Crippen LogP contribution in [0, 0.1) is 6.92 Å². The maximum absolute atomic E-state index is 2.21. The van der Waals surface area contributed by atoms with E-state index >= 15 is 0 Å². The van der Waals surface area contributed by atoms with Gasteiger partial charge < -0.3 is 0 Å². The van der Waals surface area contributed by atoms with Gasteiger partial charge in [-0.25, -0.2) is 0 Å². The van der Waals surface area contributed by atoms with Crippen LogP contribution in [0.2, 0.25) is 0 Å². The second kappa shape index (κ2) is 11.0. The molecular weight excluding hydrogens is 240 g/mol. The SMILES string of the molecule is C.CC1=CC=CC1.CC1=CCC=C1.Cc1ccccc1. The summed E-state index contributed by atoms with van der Waals surface area (Å²) in [4.78, 5) is 0. The van der Waals surface area contributed by atoms with Crippen molar-refractivity contribution >= 4 is 0 Å². The minimum atomic E-state index is 0. The molecule has 20 heavy (non-hydrogen) atoms. The molecule has 0 radical (unpaired) electrons. The fraction of sp³-hybridized carbons (Fsp3) is 0.300. The van der Waals surface area contributed by atoms with E-state index in [9.17, 15) is 0 Å². The molecule has 2 aliphatic carbocycles. The summed E-state index contributed by atoms with van der Waals surface area (Å²) < 4.78 is 0. The molecule has 0 saturated heterocycles. The molecule has 0 heteroatoms. The lowest BCUT2D eigenvalue weighted by molar-refractivity contribution is 1.25. The number of hydrogen-bond donors (Lipinski definition) is 0. The standard InChI is InChI=1S/C7H8.2C6H8.CH4/c1-7-5-3-2-4-6-7;2*1-6-4-2-3-5-6;/h2-6H,1H3;2,4-5H,3H2,1H3;2-4H,5H2,1H3;1H4. The molecule has 0 saturated carbocycles. The summed E-state index contributed by atoms with van der Waals surface area (Å²) in [5, 5.41) is 0. The molecule has 0 unspecified atom stereocenters. The molecule has 0 heterocycles. The van der Waals surface area contributed by atoms with Crippen LogP contribution in [0.5, 0.6) is 0 Å². The van der Waals surface area contributed by atoms with Crippen LogP contribution in [-0.4, -0.2) is 0 Å². The second-order valence-electron chi connectivity index (χ2n) is 4.89. The molecule has 0 spiro atoms. The predicted molar refractivity (Wildman–Crippen MR) is 92.9 cm³/mol. The van der Waals surface area contributed by atoms with Crippen LogP contribution in [0.3, 0.4) is 0 Å². The highest BCUT2D eigenvalue weighted by Gasteiger charge is 1.86. The molecule has 1 aromatic carbocycles. The Labute approximate surface area is 125 Å². The normalized spacial score (nSPS) is 14.2. The van der Waals surface area contributed by atoms with Crippen molar-refractivity contribution in [2.45, 2.75) is 41.0 Å². The lowest BCUT2D eigenvalue weighted by Crippen LogP contribution is -1.62. The van der Waals surface area contributed by atoms with Crippen LogP contribution in [0.25, 0.3) is 0 Å². The molecule has 0 nitrogen and oxygen atoms in total. The van der Waals surface area contributed by atoms with Gasteiger partial charge in [0.15, 0.2) is 0 Å². The summed E-state index contributed by atoms with van der Waals surface area (Å²) in [6, 6.07) is 10.3. The molecule has 2 aliphatic rings. The molecule has 108 valence electrons. The van der Waals surface area contributed by atoms with E-state index in [1.807, 2.05) is 18.2 Å². The molecule has 3 rings (SSSR count). The summed E-state index contributed by atoms with van der Waals surface area (Å²) >= 11 is 0. The van der Waals surface area contributed by atoms with E-state index in [0.29, 0.717) is 0 Å². The first-order valence-electron chi connectivity index (χ1n) is 6.86. The zero-order valence-corrected chi connectivity index (χ0v) is 12.3. The van der Waals surface area contributed by atoms with Crippen molar-refractivity contribution in [3.63, 3.8) is 0 Å². The number of hydrogen-bond acceptors (Lipinski definition) is 0. The van der Waals surface area contributed by atoms with Crippen molar-refractivity contribution < 1.29 is 0 Å². The topological polar surface area (TPSA) is 0 Å². The summed E-state index contributed by atoms with van der Waals surface area (Å²) in [5.41, 5.74) is 4.19. The van der Waals surface area contributed by atoms with Crippen LogP contribution < -0.4 is 0 Å². The molecular formula is C20H28. The fourth-order valence-corrected chi connectivity index (χ4v) is 1.66. The molecule has 1 aromatic rings. The van der Waals surface area contributed by atoms with Gasteiger partial charge in [-0.15, -0.1) is 0 Å². The summed E-state index contributed by atoms with van der Waals surface area (Å²) in [6.45, 7) is 6.34. The number of allylic oxidation sites excluding steroid dienone is 8. The Balaban J connectivity index is 0.000000265. The van der Waals surface area contributed by atoms with Crippen molar-refractivity contribution in [3.8, 4) is 0 Å². The van der Waals surface area contributed by atoms with E-state index in [4.69, 9.17) is 0 Å². The van der Waals surface area contributed by atoms with Gasteiger partial charge in [0.25, 0.3) is 0 Å². The first-order chi connectivity index (χ1) is 9.18. The smallest absolute Gasteiger partial charge is 0.0135 e. The van der Waals surface area contributed by atoms with Crippen LogP contribution in [0.15, 0.2) is 77.9 Å². The first kappa shape index (κ1) is 18.2. The molecule has 0 N–H and O–H groups in total. The van der Waals surface area contributed by atoms with E-state index in [2.05, 4.69) is 69.4 Å². The van der Waals surface area contributed by atoms with Gasteiger partial charge in [-0.1, -0.05) is 90.9 Å². The van der Waals surface area contributed by atoms with E-state index < -0.39 is 0 Å². The van der Waals surface area contributed by atoms with Gasteiger partial charge in [0.2, 0.25) is 0 Å². The van der Waals surface area contributed by atoms with Crippen molar-refractivity contribution in [1.29, 1.82) is 0 Å². The second-order valence-corrected chi connectivity index (χ2v) is 4.89. The Kier molecular flexibility index (Phi) is 10.0. The molecule has 0 amide bonds. The molecule has 0 bridgehead atoms. The van der Waals surface area contributed by atoms with Crippen molar-refractivity contribution in [2.75, 3.05) is 0 Å². The van der Waals surface area contributed by atoms with Crippen LogP contribution >= 0.6 is 0 Å². The highest BCUT2D eigenvalue weighted by Crippen LogP contribution is 2.06. The third kappa shape index (κ3) is 9.16. The maximum atomic E-state index is 2.21. The summed E-state index contributed by atoms with van der Waals surface area (Å²) in [5.74, 6) is 0. The molecule has 0 aromatic heterocycles. The lowest BCUT2D eigenvalue weighted by atomic mass is 10.2. The third-order valence-electron chi connectivity index (χ3n) is 2.85. The zero-order chi connectivity index (χ0) is 13.9. The minimum absolute atomic E-state index is 0. The predicted octanol–water partition coefficient (Wildman–Crippen LogP) is 6.42. The van der Waals surface area contributed by atoms with Gasteiger partial charge in [0.05, 0.1) is 0 Å². The van der Waals surface area contributed by atoms with Crippen molar-refractivity contribution in [2.24, 2.45) is 0 Å².